The van der Waals surface area contributed by atoms with Crippen molar-refractivity contribution in [2.75, 3.05) is 33.2 Å². The third kappa shape index (κ3) is 5.29. The molecule has 6 heteroatoms. The highest BCUT2D eigenvalue weighted by Crippen LogP contribution is 2.39. The molecule has 0 atom stereocenters. The van der Waals surface area contributed by atoms with E-state index in [0.717, 1.165) is 11.3 Å². The average Bonchev–Trinajstić information content (AvgIpc) is 2.67. The minimum absolute atomic E-state index is 0.385. The minimum atomic E-state index is 0.385. The largest absolute Gasteiger partial charge is 0.493 e. The minimum Gasteiger partial charge on any atom is -0.493 e. The number of nitrogens with zero attached hydrogens (tertiary/aromatic N) is 1. The predicted molar refractivity (Wildman–Crippen MR) is 110 cm³/mol. The van der Waals surface area contributed by atoms with Crippen molar-refractivity contribution in [3.63, 3.8) is 0 Å². The van der Waals surface area contributed by atoms with E-state index in [1.165, 1.54) is 5.56 Å². The van der Waals surface area contributed by atoms with Crippen LogP contribution in [0.15, 0.2) is 41.4 Å². The summed E-state index contributed by atoms with van der Waals surface area (Å²) in [7, 11) is 4.80. The Bertz CT molecular complexity index is 788. The number of benzene rings is 2. The van der Waals surface area contributed by atoms with Crippen molar-refractivity contribution in [3.05, 3.63) is 47.5 Å². The van der Waals surface area contributed by atoms with Crippen LogP contribution < -0.4 is 25.3 Å². The molecular formula is C21H29N3O3. The van der Waals surface area contributed by atoms with E-state index in [9.17, 15) is 0 Å². The number of anilines is 1. The average molecular weight is 371 g/mol. The lowest BCUT2D eigenvalue weighted by Gasteiger charge is -2.15. The van der Waals surface area contributed by atoms with Gasteiger partial charge in [0.25, 0.3) is 0 Å². The first-order chi connectivity index (χ1) is 13.0. The fourth-order valence-corrected chi connectivity index (χ4v) is 2.82. The summed E-state index contributed by atoms with van der Waals surface area (Å²) in [6, 6.07) is 12.0. The zero-order valence-electron chi connectivity index (χ0n) is 16.7. The molecule has 0 saturated heterocycles. The maximum absolute atomic E-state index is 6.03. The van der Waals surface area contributed by atoms with Crippen LogP contribution in [0.5, 0.6) is 17.2 Å². The van der Waals surface area contributed by atoms with Crippen molar-refractivity contribution < 1.29 is 14.2 Å². The van der Waals surface area contributed by atoms with Gasteiger partial charge in [-0.3, -0.25) is 4.99 Å². The molecule has 0 aliphatic carbocycles. The number of hydrogen-bond donors (Lipinski definition) is 2. The quantitative estimate of drug-likeness (QED) is 0.545. The van der Waals surface area contributed by atoms with E-state index in [0.29, 0.717) is 42.1 Å². The van der Waals surface area contributed by atoms with Crippen LogP contribution in [-0.2, 0) is 6.42 Å². The lowest BCUT2D eigenvalue weighted by molar-refractivity contribution is 0.322. The molecule has 0 aromatic heterocycles. The van der Waals surface area contributed by atoms with Crippen molar-refractivity contribution in [1.82, 2.24) is 0 Å². The van der Waals surface area contributed by atoms with Crippen molar-refractivity contribution in [3.8, 4) is 17.2 Å². The molecule has 0 fully saturated rings. The second-order valence-electron chi connectivity index (χ2n) is 6.42. The molecule has 0 spiro atoms. The SMILES string of the molecule is COc1ccc(CCN=C(N)Nc2cccc(C(C)C)c2)c(OC)c1OC. The summed E-state index contributed by atoms with van der Waals surface area (Å²) in [6.45, 7) is 4.84. The fraction of sp³-hybridized carbons (Fsp3) is 0.381. The van der Waals surface area contributed by atoms with Crippen LogP contribution >= 0.6 is 0 Å². The van der Waals surface area contributed by atoms with Gasteiger partial charge in [0.15, 0.2) is 17.5 Å². The van der Waals surface area contributed by atoms with Crippen LogP contribution in [0.4, 0.5) is 5.69 Å². The van der Waals surface area contributed by atoms with E-state index in [2.05, 4.69) is 36.3 Å². The van der Waals surface area contributed by atoms with E-state index in [1.54, 1.807) is 21.3 Å². The van der Waals surface area contributed by atoms with Gasteiger partial charge < -0.3 is 25.3 Å². The summed E-state index contributed by atoms with van der Waals surface area (Å²) >= 11 is 0. The van der Waals surface area contributed by atoms with Gasteiger partial charge in [-0.25, -0.2) is 0 Å². The Hall–Kier alpha value is -2.89. The van der Waals surface area contributed by atoms with Gasteiger partial charge in [0.05, 0.1) is 21.3 Å². The molecule has 3 N–H and O–H groups in total. The first-order valence-electron chi connectivity index (χ1n) is 8.94. The number of guanidine groups is 1. The van der Waals surface area contributed by atoms with Crippen LogP contribution in [0, 0.1) is 0 Å². The summed E-state index contributed by atoms with van der Waals surface area (Å²) in [6.07, 6.45) is 0.665. The molecule has 146 valence electrons. The summed E-state index contributed by atoms with van der Waals surface area (Å²) in [5, 5.41) is 3.14. The van der Waals surface area contributed by atoms with Crippen LogP contribution in [0.2, 0.25) is 0 Å². The Labute approximate surface area is 161 Å². The summed E-state index contributed by atoms with van der Waals surface area (Å²) in [4.78, 5) is 4.42. The summed E-state index contributed by atoms with van der Waals surface area (Å²) in [5.74, 6) is 2.71. The molecule has 27 heavy (non-hydrogen) atoms. The Balaban J connectivity index is 2.05. The molecule has 2 aromatic carbocycles. The first-order valence-corrected chi connectivity index (χ1v) is 8.94. The van der Waals surface area contributed by atoms with Gasteiger partial charge in [0.1, 0.15) is 0 Å². The zero-order valence-corrected chi connectivity index (χ0v) is 16.7. The highest BCUT2D eigenvalue weighted by molar-refractivity contribution is 5.92. The lowest BCUT2D eigenvalue weighted by atomic mass is 10.0. The Morgan fingerprint density at radius 3 is 2.41 bits per heavy atom. The highest BCUT2D eigenvalue weighted by atomic mass is 16.5. The van der Waals surface area contributed by atoms with Gasteiger partial charge in [-0.2, -0.15) is 0 Å². The number of rotatable bonds is 8. The monoisotopic (exact) mass is 371 g/mol. The van der Waals surface area contributed by atoms with Crippen LogP contribution in [0.25, 0.3) is 0 Å². The molecule has 0 radical (unpaired) electrons. The molecule has 2 aromatic rings. The molecule has 0 aliphatic heterocycles. The standard InChI is InChI=1S/C21H29N3O3/c1-14(2)16-7-6-8-17(13-16)24-21(22)23-12-11-15-9-10-18(25-3)20(27-5)19(15)26-4/h6-10,13-14H,11-12H2,1-5H3,(H3,22,23,24). The van der Waals surface area contributed by atoms with Crippen molar-refractivity contribution >= 4 is 11.6 Å². The van der Waals surface area contributed by atoms with Gasteiger partial charge in [0, 0.05) is 17.8 Å². The van der Waals surface area contributed by atoms with Gasteiger partial charge in [-0.05, 0) is 36.1 Å². The maximum atomic E-state index is 6.03. The summed E-state index contributed by atoms with van der Waals surface area (Å²) in [5.41, 5.74) is 9.20. The normalized spacial score (nSPS) is 11.4. The number of nitrogens with one attached hydrogen (secondary N) is 1. The number of aliphatic imine (C=N–C) groups is 1. The molecule has 2 rings (SSSR count). The molecule has 6 nitrogen and oxygen atoms in total. The second kappa shape index (κ2) is 9.71. The second-order valence-corrected chi connectivity index (χ2v) is 6.42. The molecule has 0 unspecified atom stereocenters. The topological polar surface area (TPSA) is 78.1 Å². The Kier molecular flexibility index (Phi) is 7.34. The Morgan fingerprint density at radius 1 is 1.04 bits per heavy atom. The smallest absolute Gasteiger partial charge is 0.203 e. The van der Waals surface area contributed by atoms with E-state index in [4.69, 9.17) is 19.9 Å². The summed E-state index contributed by atoms with van der Waals surface area (Å²) < 4.78 is 16.2. The van der Waals surface area contributed by atoms with E-state index in [-0.39, 0.29) is 0 Å². The van der Waals surface area contributed by atoms with E-state index in [1.807, 2.05) is 24.3 Å². The van der Waals surface area contributed by atoms with E-state index >= 15 is 0 Å². The molecule has 0 bridgehead atoms. The van der Waals surface area contributed by atoms with Crippen LogP contribution in [0.3, 0.4) is 0 Å². The predicted octanol–water partition coefficient (Wildman–Crippen LogP) is 3.81. The third-order valence-electron chi connectivity index (χ3n) is 4.27. The number of ether oxygens (including phenoxy) is 3. The van der Waals surface area contributed by atoms with Crippen molar-refractivity contribution in [2.45, 2.75) is 26.2 Å². The van der Waals surface area contributed by atoms with Gasteiger partial charge >= 0.3 is 0 Å². The first kappa shape index (κ1) is 20.4. The number of methoxy groups -OCH3 is 3. The lowest BCUT2D eigenvalue weighted by Crippen LogP contribution is -2.23. The third-order valence-corrected chi connectivity index (χ3v) is 4.27. The van der Waals surface area contributed by atoms with Crippen molar-refractivity contribution in [2.24, 2.45) is 10.7 Å². The van der Waals surface area contributed by atoms with Gasteiger partial charge in [-0.15, -0.1) is 0 Å². The number of nitrogens with two attached hydrogens (primary N) is 1. The molecular weight excluding hydrogens is 342 g/mol. The van der Waals surface area contributed by atoms with Crippen LogP contribution in [-0.4, -0.2) is 33.8 Å². The molecule has 0 heterocycles. The zero-order chi connectivity index (χ0) is 19.8. The number of hydrogen-bond acceptors (Lipinski definition) is 4. The van der Waals surface area contributed by atoms with Crippen molar-refractivity contribution in [1.29, 1.82) is 0 Å². The van der Waals surface area contributed by atoms with E-state index < -0.39 is 0 Å². The van der Waals surface area contributed by atoms with Gasteiger partial charge in [-0.1, -0.05) is 32.0 Å². The fourth-order valence-electron chi connectivity index (χ4n) is 2.82. The highest BCUT2D eigenvalue weighted by Gasteiger charge is 2.15. The maximum Gasteiger partial charge on any atom is 0.203 e. The van der Waals surface area contributed by atoms with Crippen LogP contribution in [0.1, 0.15) is 30.9 Å². The van der Waals surface area contributed by atoms with Gasteiger partial charge in [0.2, 0.25) is 5.75 Å². The molecule has 0 aliphatic rings. The molecule has 0 saturated carbocycles. The Morgan fingerprint density at radius 2 is 1.78 bits per heavy atom. The molecule has 0 amide bonds.